The Labute approximate surface area is 135 Å². The minimum atomic E-state index is -0.410. The predicted molar refractivity (Wildman–Crippen MR) is 87.3 cm³/mol. The van der Waals surface area contributed by atoms with Crippen molar-refractivity contribution in [3.63, 3.8) is 0 Å². The van der Waals surface area contributed by atoms with Gasteiger partial charge in [0.15, 0.2) is 0 Å². The van der Waals surface area contributed by atoms with Gasteiger partial charge in [0, 0.05) is 5.92 Å². The molecule has 0 heterocycles. The molecule has 22 heavy (non-hydrogen) atoms. The van der Waals surface area contributed by atoms with Gasteiger partial charge in [-0.25, -0.2) is 0 Å². The molecule has 124 valence electrons. The first-order valence-corrected chi connectivity index (χ1v) is 9.62. The molecule has 0 aliphatic heterocycles. The van der Waals surface area contributed by atoms with E-state index in [9.17, 15) is 9.90 Å². The number of fused-ring (bicyclic) bond motifs is 5. The van der Waals surface area contributed by atoms with Gasteiger partial charge < -0.3 is 9.90 Å². The van der Waals surface area contributed by atoms with E-state index in [-0.39, 0.29) is 0 Å². The fraction of sp³-hybridized carbons (Fsp3) is 0.950. The van der Waals surface area contributed by atoms with Gasteiger partial charge in [-0.1, -0.05) is 6.92 Å². The molecule has 0 unspecified atom stereocenters. The molecule has 1 N–H and O–H groups in total. The molecule has 0 saturated heterocycles. The fourth-order valence-corrected chi connectivity index (χ4v) is 7.35. The molecular weight excluding hydrogens is 272 g/mol. The van der Waals surface area contributed by atoms with E-state index in [0.29, 0.717) is 11.3 Å². The van der Waals surface area contributed by atoms with E-state index in [0.717, 1.165) is 48.9 Å². The molecule has 2 nitrogen and oxygen atoms in total. The summed E-state index contributed by atoms with van der Waals surface area (Å²) in [5.41, 5.74) is -0.108. The lowest BCUT2D eigenvalue weighted by Gasteiger charge is -2.56. The molecule has 0 aromatic carbocycles. The van der Waals surface area contributed by atoms with Crippen LogP contribution in [0.15, 0.2) is 0 Å². The Morgan fingerprint density at radius 3 is 2.45 bits per heavy atom. The van der Waals surface area contributed by atoms with E-state index in [1.165, 1.54) is 44.8 Å². The van der Waals surface area contributed by atoms with Crippen molar-refractivity contribution in [1.82, 2.24) is 0 Å². The second-order valence-corrected chi connectivity index (χ2v) is 9.54. The smallest absolute Gasteiger partial charge is 0.123 e. The first-order chi connectivity index (χ1) is 10.4. The van der Waals surface area contributed by atoms with Crippen LogP contribution in [0.2, 0.25) is 0 Å². The largest absolute Gasteiger partial charge is 0.390 e. The van der Waals surface area contributed by atoms with Crippen LogP contribution in [0.4, 0.5) is 0 Å². The van der Waals surface area contributed by atoms with Gasteiger partial charge in [0.25, 0.3) is 0 Å². The minimum absolute atomic E-state index is 0.302. The molecule has 0 aromatic heterocycles. The maximum atomic E-state index is 11.5. The molecule has 4 saturated carbocycles. The summed E-state index contributed by atoms with van der Waals surface area (Å²) in [7, 11) is 0. The van der Waals surface area contributed by atoms with Crippen LogP contribution in [0.3, 0.4) is 0 Å². The van der Waals surface area contributed by atoms with E-state index in [1.807, 2.05) is 6.92 Å². The highest BCUT2D eigenvalue weighted by molar-refractivity contribution is 5.56. The number of rotatable bonds is 1. The van der Waals surface area contributed by atoms with Gasteiger partial charge in [-0.2, -0.15) is 0 Å². The van der Waals surface area contributed by atoms with Crippen molar-refractivity contribution in [3.05, 3.63) is 0 Å². The monoisotopic (exact) mass is 304 g/mol. The molecule has 0 bridgehead atoms. The lowest BCUT2D eigenvalue weighted by molar-refractivity contribution is -0.121. The van der Waals surface area contributed by atoms with Crippen molar-refractivity contribution >= 4 is 6.29 Å². The molecule has 0 radical (unpaired) electrons. The summed E-state index contributed by atoms with van der Waals surface area (Å²) in [6.45, 7) is 4.45. The quantitative estimate of drug-likeness (QED) is 0.737. The van der Waals surface area contributed by atoms with E-state index >= 15 is 0 Å². The van der Waals surface area contributed by atoms with E-state index in [1.54, 1.807) is 0 Å². The predicted octanol–water partition coefficient (Wildman–Crippen LogP) is 4.21. The summed E-state index contributed by atoms with van der Waals surface area (Å²) < 4.78 is 0. The zero-order chi connectivity index (χ0) is 15.5. The fourth-order valence-electron chi connectivity index (χ4n) is 7.35. The first-order valence-electron chi connectivity index (χ1n) is 9.62. The third-order valence-electron chi connectivity index (χ3n) is 8.47. The highest BCUT2D eigenvalue weighted by atomic mass is 16.3. The first kappa shape index (κ1) is 15.2. The Hall–Kier alpha value is -0.370. The Morgan fingerprint density at radius 2 is 1.68 bits per heavy atom. The Morgan fingerprint density at radius 1 is 0.909 bits per heavy atom. The molecule has 0 aromatic rings. The molecule has 4 rings (SSSR count). The summed E-state index contributed by atoms with van der Waals surface area (Å²) in [6.07, 6.45) is 12.2. The topological polar surface area (TPSA) is 37.3 Å². The number of aldehydes is 1. The standard InChI is InChI=1S/C20H32O2/c1-19(22)9-7-15-13(11-19)3-5-17-16(15)8-10-20(2)14(12-21)4-6-18(17)20/h12-18,22H,3-11H2,1-2H3/t13-,14+,15-,16+,17+,18-,19+,20+/m0/s1. The number of carbonyl (C=O) groups excluding carboxylic acids is 1. The van der Waals surface area contributed by atoms with Crippen LogP contribution in [0.25, 0.3) is 0 Å². The van der Waals surface area contributed by atoms with Gasteiger partial charge in [-0.15, -0.1) is 0 Å². The zero-order valence-corrected chi connectivity index (χ0v) is 14.3. The van der Waals surface area contributed by atoms with Crippen molar-refractivity contribution in [3.8, 4) is 0 Å². The Kier molecular flexibility index (Phi) is 3.49. The highest BCUT2D eigenvalue weighted by Crippen LogP contribution is 2.64. The maximum absolute atomic E-state index is 11.5. The van der Waals surface area contributed by atoms with Crippen LogP contribution in [0.1, 0.15) is 71.6 Å². The summed E-state index contributed by atoms with van der Waals surface area (Å²) in [5.74, 6) is 4.50. The summed E-state index contributed by atoms with van der Waals surface area (Å²) in [6, 6.07) is 0. The molecule has 4 aliphatic rings. The average molecular weight is 304 g/mol. The summed E-state index contributed by atoms with van der Waals surface area (Å²) in [4.78, 5) is 11.5. The van der Waals surface area contributed by atoms with Gasteiger partial charge in [0.1, 0.15) is 6.29 Å². The summed E-state index contributed by atoms with van der Waals surface area (Å²) in [5, 5.41) is 10.4. The maximum Gasteiger partial charge on any atom is 0.123 e. The number of hydrogen-bond donors (Lipinski definition) is 1. The molecule has 8 atom stereocenters. The van der Waals surface area contributed by atoms with Gasteiger partial charge in [0.2, 0.25) is 0 Å². The Bertz CT molecular complexity index is 457. The number of aliphatic hydroxyl groups is 1. The molecule has 4 aliphatic carbocycles. The molecule has 0 spiro atoms. The second-order valence-electron chi connectivity index (χ2n) is 9.54. The molecule has 4 fully saturated rings. The molecular formula is C20H32O2. The third-order valence-corrected chi connectivity index (χ3v) is 8.47. The number of hydrogen-bond acceptors (Lipinski definition) is 2. The zero-order valence-electron chi connectivity index (χ0n) is 14.3. The van der Waals surface area contributed by atoms with Crippen LogP contribution >= 0.6 is 0 Å². The SMILES string of the molecule is C[C@@]1(O)CC[C@H]2[C@@H](CC[C@@H]3[C@@H]2CC[C@]2(C)[C@@H](C=O)CC[C@@H]32)C1. The van der Waals surface area contributed by atoms with E-state index in [4.69, 9.17) is 0 Å². The van der Waals surface area contributed by atoms with Crippen molar-refractivity contribution in [2.45, 2.75) is 77.2 Å². The van der Waals surface area contributed by atoms with Gasteiger partial charge in [-0.3, -0.25) is 0 Å². The lowest BCUT2D eigenvalue weighted by Crippen LogP contribution is -2.50. The van der Waals surface area contributed by atoms with Gasteiger partial charge >= 0.3 is 0 Å². The van der Waals surface area contributed by atoms with Gasteiger partial charge in [-0.05, 0) is 99.7 Å². The highest BCUT2D eigenvalue weighted by Gasteiger charge is 2.57. The van der Waals surface area contributed by atoms with Crippen LogP contribution in [0, 0.1) is 40.9 Å². The van der Waals surface area contributed by atoms with Gasteiger partial charge in [0.05, 0.1) is 5.60 Å². The minimum Gasteiger partial charge on any atom is -0.390 e. The van der Waals surface area contributed by atoms with Crippen LogP contribution in [0.5, 0.6) is 0 Å². The van der Waals surface area contributed by atoms with Crippen LogP contribution in [-0.4, -0.2) is 17.0 Å². The molecule has 0 amide bonds. The lowest BCUT2D eigenvalue weighted by atomic mass is 9.49. The summed E-state index contributed by atoms with van der Waals surface area (Å²) >= 11 is 0. The molecule has 2 heteroatoms. The van der Waals surface area contributed by atoms with Crippen LogP contribution in [-0.2, 0) is 4.79 Å². The van der Waals surface area contributed by atoms with Crippen molar-refractivity contribution < 1.29 is 9.90 Å². The third kappa shape index (κ3) is 2.12. The Balaban J connectivity index is 1.56. The van der Waals surface area contributed by atoms with E-state index < -0.39 is 5.60 Å². The van der Waals surface area contributed by atoms with Crippen molar-refractivity contribution in [2.24, 2.45) is 40.9 Å². The van der Waals surface area contributed by atoms with Crippen molar-refractivity contribution in [2.75, 3.05) is 0 Å². The number of carbonyl (C=O) groups is 1. The van der Waals surface area contributed by atoms with Crippen molar-refractivity contribution in [1.29, 1.82) is 0 Å². The normalized spacial score (nSPS) is 57.6. The second kappa shape index (κ2) is 5.06. The van der Waals surface area contributed by atoms with E-state index in [2.05, 4.69) is 6.92 Å². The van der Waals surface area contributed by atoms with Crippen LogP contribution < -0.4 is 0 Å². The average Bonchev–Trinajstić information content (AvgIpc) is 2.82.